The van der Waals surface area contributed by atoms with Crippen LogP contribution in [0.5, 0.6) is 0 Å². The lowest BCUT2D eigenvalue weighted by molar-refractivity contribution is -0.408. The molecule has 2 aliphatic rings. The molecular weight excluding hydrogens is 346 g/mol. The van der Waals surface area contributed by atoms with Gasteiger partial charge in [-0.15, -0.1) is 0 Å². The highest BCUT2D eigenvalue weighted by Gasteiger charge is 2.79. The second kappa shape index (κ2) is 5.10. The monoisotopic (exact) mass is 362 g/mol. The maximum absolute atomic E-state index is 12.9. The number of carbonyl (C=O) groups excluding carboxylic acids is 1. The first-order valence-electron chi connectivity index (χ1n) is 7.06. The zero-order valence-corrected chi connectivity index (χ0v) is 12.7. The van der Waals surface area contributed by atoms with Crippen LogP contribution in [0, 0.1) is 11.8 Å². The minimum absolute atomic E-state index is 0.153. The van der Waals surface area contributed by atoms with E-state index in [2.05, 4.69) is 4.74 Å². The molecule has 0 aromatic heterocycles. The van der Waals surface area contributed by atoms with Gasteiger partial charge in [0.05, 0.1) is 0 Å². The van der Waals surface area contributed by atoms with E-state index in [0.29, 0.717) is 20.3 Å². The average Bonchev–Trinajstić information content (AvgIpc) is 2.94. The molecule has 0 aliphatic heterocycles. The number of aliphatic hydroxyl groups is 2. The third-order valence-electron chi connectivity index (χ3n) is 4.75. The van der Waals surface area contributed by atoms with Gasteiger partial charge in [-0.3, -0.25) is 0 Å². The topological polar surface area (TPSA) is 66.8 Å². The molecule has 0 amide bonds. The number of hydrogen-bond donors (Lipinski definition) is 2. The molecule has 0 heterocycles. The summed E-state index contributed by atoms with van der Waals surface area (Å²) in [6.45, 7) is 0.608. The second-order valence-electron chi connectivity index (χ2n) is 6.72. The van der Waals surface area contributed by atoms with Gasteiger partial charge in [-0.1, -0.05) is 12.2 Å². The largest absolute Gasteiger partial charge is 0.454 e. The summed E-state index contributed by atoms with van der Waals surface area (Å²) in [7, 11) is 0. The van der Waals surface area contributed by atoms with Crippen LogP contribution in [0.4, 0.5) is 26.3 Å². The Morgan fingerprint density at radius 1 is 1.12 bits per heavy atom. The number of ether oxygens (including phenoxy) is 1. The van der Waals surface area contributed by atoms with Gasteiger partial charge in [0.1, 0.15) is 0 Å². The van der Waals surface area contributed by atoms with E-state index in [9.17, 15) is 41.4 Å². The average molecular weight is 362 g/mol. The minimum Gasteiger partial charge on any atom is -0.454 e. The summed E-state index contributed by atoms with van der Waals surface area (Å²) in [5, 5.41) is 19.7. The fraction of sp³-hybridized carbons (Fsp3) is 0.786. The second-order valence-corrected chi connectivity index (χ2v) is 6.72. The molecule has 10 heteroatoms. The molecule has 4 nitrogen and oxygen atoms in total. The van der Waals surface area contributed by atoms with Gasteiger partial charge in [-0.25, -0.2) is 4.79 Å². The first kappa shape index (κ1) is 19.0. The Balaban J connectivity index is 2.32. The van der Waals surface area contributed by atoms with Crippen molar-refractivity contribution in [2.75, 3.05) is 0 Å². The van der Waals surface area contributed by atoms with E-state index in [0.717, 1.165) is 0 Å². The summed E-state index contributed by atoms with van der Waals surface area (Å²) in [4.78, 5) is 12.1. The molecule has 2 rings (SSSR count). The Morgan fingerprint density at radius 3 is 1.96 bits per heavy atom. The standard InChI is InChI=1S/C14H16F6O4/c1-10(2,12(23,13(15,16)17)14(18,19)20)24-9(21)11(22)6-7-3-4-8(11)5-7/h3-4,7-8,22-23H,5-6H2,1-2H3. The van der Waals surface area contributed by atoms with Gasteiger partial charge in [-0.05, 0) is 32.6 Å². The van der Waals surface area contributed by atoms with Crippen LogP contribution in [0.25, 0.3) is 0 Å². The highest BCUT2D eigenvalue weighted by Crippen LogP contribution is 2.52. The molecule has 3 atom stereocenters. The molecular formula is C14H16F6O4. The van der Waals surface area contributed by atoms with Crippen molar-refractivity contribution in [3.63, 3.8) is 0 Å². The normalized spacial score (nSPS) is 30.8. The Kier molecular flexibility index (Phi) is 4.05. The smallest absolute Gasteiger partial charge is 0.430 e. The van der Waals surface area contributed by atoms with Crippen LogP contribution in [0.1, 0.15) is 26.7 Å². The van der Waals surface area contributed by atoms with Crippen molar-refractivity contribution in [2.45, 2.75) is 55.8 Å². The van der Waals surface area contributed by atoms with Gasteiger partial charge >= 0.3 is 18.3 Å². The van der Waals surface area contributed by atoms with Crippen molar-refractivity contribution >= 4 is 5.97 Å². The third kappa shape index (κ3) is 2.50. The number of alkyl halides is 6. The SMILES string of the molecule is CC(C)(OC(=O)C1(O)CC2C=CC1C2)C(O)(C(F)(F)F)C(F)(F)F. The van der Waals surface area contributed by atoms with E-state index in [1.807, 2.05) is 0 Å². The Labute approximate surface area is 133 Å². The lowest BCUT2D eigenvalue weighted by Crippen LogP contribution is -2.70. The van der Waals surface area contributed by atoms with E-state index < -0.39 is 41.0 Å². The summed E-state index contributed by atoms with van der Waals surface area (Å²) in [5.41, 5.74) is -10.9. The Bertz CT molecular complexity index is 551. The van der Waals surface area contributed by atoms with Gasteiger partial charge in [0.15, 0.2) is 11.2 Å². The maximum atomic E-state index is 12.9. The molecule has 0 aromatic rings. The molecule has 2 bridgehead atoms. The number of esters is 1. The highest BCUT2D eigenvalue weighted by atomic mass is 19.4. The molecule has 3 unspecified atom stereocenters. The van der Waals surface area contributed by atoms with Crippen molar-refractivity contribution in [2.24, 2.45) is 11.8 Å². The maximum Gasteiger partial charge on any atom is 0.430 e. The molecule has 0 radical (unpaired) electrons. The first-order chi connectivity index (χ1) is 10.6. The lowest BCUT2D eigenvalue weighted by Gasteiger charge is -2.44. The van der Waals surface area contributed by atoms with Gasteiger partial charge in [0.25, 0.3) is 5.60 Å². The van der Waals surface area contributed by atoms with Crippen molar-refractivity contribution < 1.29 is 46.1 Å². The van der Waals surface area contributed by atoms with Crippen LogP contribution in [0.2, 0.25) is 0 Å². The summed E-state index contributed by atoms with van der Waals surface area (Å²) >= 11 is 0. The van der Waals surface area contributed by atoms with Gasteiger partial charge < -0.3 is 14.9 Å². The predicted octanol–water partition coefficient (Wildman–Crippen LogP) is 2.49. The fourth-order valence-electron chi connectivity index (χ4n) is 3.30. The van der Waals surface area contributed by atoms with Crippen LogP contribution in [0.15, 0.2) is 12.2 Å². The Hall–Kier alpha value is -1.29. The van der Waals surface area contributed by atoms with Crippen molar-refractivity contribution in [3.8, 4) is 0 Å². The zero-order chi connectivity index (χ0) is 18.8. The van der Waals surface area contributed by atoms with Crippen LogP contribution in [-0.2, 0) is 9.53 Å². The summed E-state index contributed by atoms with van der Waals surface area (Å²) in [6.07, 6.45) is -8.91. The summed E-state index contributed by atoms with van der Waals surface area (Å²) < 4.78 is 82.0. The lowest BCUT2D eigenvalue weighted by atomic mass is 9.83. The number of allylic oxidation sites excluding steroid dienone is 1. The molecule has 24 heavy (non-hydrogen) atoms. The highest BCUT2D eigenvalue weighted by molar-refractivity contribution is 5.81. The quantitative estimate of drug-likeness (QED) is 0.460. The van der Waals surface area contributed by atoms with Crippen molar-refractivity contribution in [1.82, 2.24) is 0 Å². The van der Waals surface area contributed by atoms with Crippen LogP contribution >= 0.6 is 0 Å². The minimum atomic E-state index is -6.15. The number of hydrogen-bond acceptors (Lipinski definition) is 4. The molecule has 0 saturated heterocycles. The van der Waals surface area contributed by atoms with Crippen molar-refractivity contribution in [3.05, 3.63) is 12.2 Å². The van der Waals surface area contributed by atoms with Gasteiger partial charge in [0.2, 0.25) is 0 Å². The number of carbonyl (C=O) groups is 1. The molecule has 1 saturated carbocycles. The number of fused-ring (bicyclic) bond motifs is 2. The van der Waals surface area contributed by atoms with E-state index in [-0.39, 0.29) is 12.3 Å². The van der Waals surface area contributed by atoms with Gasteiger partial charge in [-0.2, -0.15) is 26.3 Å². The predicted molar refractivity (Wildman–Crippen MR) is 67.5 cm³/mol. The summed E-state index contributed by atoms with van der Waals surface area (Å²) in [6, 6.07) is 0. The fourth-order valence-corrected chi connectivity index (χ4v) is 3.30. The van der Waals surface area contributed by atoms with E-state index in [1.54, 1.807) is 6.08 Å². The molecule has 138 valence electrons. The first-order valence-corrected chi connectivity index (χ1v) is 7.06. The third-order valence-corrected chi connectivity index (χ3v) is 4.75. The number of halogens is 6. The number of rotatable bonds is 3. The van der Waals surface area contributed by atoms with E-state index >= 15 is 0 Å². The van der Waals surface area contributed by atoms with Crippen molar-refractivity contribution in [1.29, 1.82) is 0 Å². The van der Waals surface area contributed by atoms with Crippen LogP contribution in [0.3, 0.4) is 0 Å². The van der Waals surface area contributed by atoms with E-state index in [4.69, 9.17) is 0 Å². The molecule has 2 N–H and O–H groups in total. The van der Waals surface area contributed by atoms with E-state index in [1.165, 1.54) is 6.08 Å². The van der Waals surface area contributed by atoms with Crippen LogP contribution in [-0.4, -0.2) is 45.3 Å². The Morgan fingerprint density at radius 2 is 1.62 bits per heavy atom. The van der Waals surface area contributed by atoms with Crippen LogP contribution < -0.4 is 0 Å². The van der Waals surface area contributed by atoms with Gasteiger partial charge in [0, 0.05) is 5.92 Å². The summed E-state index contributed by atoms with van der Waals surface area (Å²) in [5.74, 6) is -2.55. The molecule has 2 aliphatic carbocycles. The molecule has 0 spiro atoms. The molecule has 1 fully saturated rings. The molecule has 0 aromatic carbocycles. The zero-order valence-electron chi connectivity index (χ0n) is 12.7.